The number of pyridine rings is 1. The Bertz CT molecular complexity index is 2200. The molecule has 3 aliphatic heterocycles. The molecule has 2 fully saturated rings. The number of ketones is 1. The highest BCUT2D eigenvalue weighted by atomic mass is 32.1. The first-order chi connectivity index (χ1) is 25.2. The summed E-state index contributed by atoms with van der Waals surface area (Å²) in [5, 5.41) is 9.18. The van der Waals surface area contributed by atoms with E-state index in [1.165, 1.54) is 17.4 Å². The lowest BCUT2D eigenvalue weighted by Crippen LogP contribution is -2.59. The molecular weight excluding hydrogens is 678 g/mol. The maximum Gasteiger partial charge on any atom is 0.265 e. The number of rotatable bonds is 7. The van der Waals surface area contributed by atoms with Crippen molar-refractivity contribution in [1.82, 2.24) is 4.98 Å². The Hall–Kier alpha value is -5.39. The van der Waals surface area contributed by atoms with Crippen molar-refractivity contribution in [3.05, 3.63) is 123 Å². The van der Waals surface area contributed by atoms with Crippen LogP contribution >= 0.6 is 11.3 Å². The van der Waals surface area contributed by atoms with E-state index in [4.69, 9.17) is 4.74 Å². The van der Waals surface area contributed by atoms with E-state index in [0.717, 1.165) is 66.4 Å². The molecule has 0 saturated carbocycles. The summed E-state index contributed by atoms with van der Waals surface area (Å²) in [7, 11) is 0. The van der Waals surface area contributed by atoms with Gasteiger partial charge in [-0.2, -0.15) is 0 Å². The van der Waals surface area contributed by atoms with Gasteiger partial charge in [0.05, 0.1) is 16.1 Å². The van der Waals surface area contributed by atoms with Gasteiger partial charge in [-0.3, -0.25) is 14.4 Å². The maximum absolute atomic E-state index is 14.4. The first-order valence-corrected chi connectivity index (χ1v) is 18.3. The van der Waals surface area contributed by atoms with Crippen molar-refractivity contribution in [3.8, 4) is 10.4 Å². The topological polar surface area (TPSA) is 113 Å². The van der Waals surface area contributed by atoms with Gasteiger partial charge in [0, 0.05) is 77.4 Å². The molecule has 3 aliphatic rings. The van der Waals surface area contributed by atoms with Crippen molar-refractivity contribution in [2.75, 3.05) is 53.7 Å². The van der Waals surface area contributed by atoms with Crippen LogP contribution in [0.3, 0.4) is 0 Å². The molecule has 3 aromatic carbocycles. The number of carbonyl (C=O) groups is 3. The van der Waals surface area contributed by atoms with Crippen LogP contribution in [-0.4, -0.2) is 55.4 Å². The third kappa shape index (κ3) is 6.46. The molecular formula is C41H38FN5O4S. The maximum atomic E-state index is 14.4. The van der Waals surface area contributed by atoms with Gasteiger partial charge in [-0.1, -0.05) is 24.3 Å². The van der Waals surface area contributed by atoms with E-state index in [-0.39, 0.29) is 28.7 Å². The number of fused-ring (bicyclic) bond motifs is 3. The van der Waals surface area contributed by atoms with Crippen molar-refractivity contribution in [2.24, 2.45) is 5.41 Å². The summed E-state index contributed by atoms with van der Waals surface area (Å²) in [4.78, 5) is 48.6. The van der Waals surface area contributed by atoms with Gasteiger partial charge in [-0.05, 0) is 98.3 Å². The zero-order chi connectivity index (χ0) is 36.0. The number of carbonyl (C=O) groups excluding carboxylic acids is 3. The van der Waals surface area contributed by atoms with Crippen molar-refractivity contribution in [3.63, 3.8) is 0 Å². The molecule has 264 valence electrons. The van der Waals surface area contributed by atoms with Gasteiger partial charge in [-0.25, -0.2) is 9.37 Å². The second-order valence-corrected chi connectivity index (χ2v) is 15.1. The summed E-state index contributed by atoms with van der Waals surface area (Å²) in [5.74, 6) is -0.537. The minimum atomic E-state index is -0.475. The van der Waals surface area contributed by atoms with Crippen LogP contribution in [0, 0.1) is 25.1 Å². The molecule has 0 bridgehead atoms. The molecule has 0 aliphatic carbocycles. The van der Waals surface area contributed by atoms with Gasteiger partial charge in [0.15, 0.2) is 5.78 Å². The number of anilines is 4. The number of benzene rings is 3. The van der Waals surface area contributed by atoms with E-state index in [1.807, 2.05) is 31.2 Å². The molecule has 11 heteroatoms. The average molecular weight is 716 g/mol. The molecule has 0 radical (unpaired) electrons. The van der Waals surface area contributed by atoms with Gasteiger partial charge in [0.2, 0.25) is 0 Å². The number of thiophene rings is 1. The molecule has 2 saturated heterocycles. The summed E-state index contributed by atoms with van der Waals surface area (Å²) in [6.45, 7) is 7.60. The lowest BCUT2D eigenvalue weighted by Gasteiger charge is -2.53. The fourth-order valence-corrected chi connectivity index (χ4v) is 8.51. The Balaban J connectivity index is 0.958. The van der Waals surface area contributed by atoms with Crippen LogP contribution in [0.1, 0.15) is 65.5 Å². The first kappa shape index (κ1) is 33.7. The first-order valence-electron chi connectivity index (χ1n) is 17.5. The van der Waals surface area contributed by atoms with Crippen LogP contribution in [0.5, 0.6) is 0 Å². The molecule has 9 nitrogen and oxygen atoms in total. The normalized spacial score (nSPS) is 15.8. The van der Waals surface area contributed by atoms with Gasteiger partial charge >= 0.3 is 0 Å². The fraction of sp³-hybridized carbons (Fsp3) is 0.268. The Labute approximate surface area is 305 Å². The minimum absolute atomic E-state index is 0.150. The highest BCUT2D eigenvalue weighted by Crippen LogP contribution is 2.43. The van der Waals surface area contributed by atoms with Gasteiger partial charge < -0.3 is 25.6 Å². The fourth-order valence-electron chi connectivity index (χ4n) is 7.37. The SMILES string of the molecule is Cc1cnc(N2CC3(CCOCC3)C2)c(C(=O)Nc2ccc(C(=O)c3ccc4c(c3)NCCc3cc(C(=O)Nc5c(C)cccc5F)sc3-4)cc2)c1. The number of nitrogens with zero attached hydrogens (tertiary/aromatic N) is 2. The van der Waals surface area contributed by atoms with E-state index in [0.29, 0.717) is 51.6 Å². The molecule has 2 amide bonds. The minimum Gasteiger partial charge on any atom is -0.384 e. The smallest absolute Gasteiger partial charge is 0.265 e. The van der Waals surface area contributed by atoms with E-state index in [1.54, 1.807) is 55.6 Å². The number of aryl methyl sites for hydroxylation is 2. The quantitative estimate of drug-likeness (QED) is 0.147. The summed E-state index contributed by atoms with van der Waals surface area (Å²) >= 11 is 1.35. The molecule has 5 aromatic rings. The predicted molar refractivity (Wildman–Crippen MR) is 203 cm³/mol. The highest BCUT2D eigenvalue weighted by molar-refractivity contribution is 7.17. The standard InChI is InChI=1S/C41H38FN5O4S/c1-24-18-31(38(44-21-24)47-22-41(23-47)13-16-51-17-14-41)39(49)45-29-9-6-26(7-10-29)36(48)27-8-11-30-33(19-27)43-15-12-28-20-34(52-37(28)30)40(50)46-35-25(2)4-3-5-32(35)42/h3-11,18-21,43H,12-17,22-23H2,1-2H3,(H,45,49)(H,46,50). The number of amides is 2. The van der Waals surface area contributed by atoms with Crippen molar-refractivity contribution >= 4 is 51.8 Å². The Kier molecular flexibility index (Phi) is 8.84. The van der Waals surface area contributed by atoms with Gasteiger partial charge in [0.1, 0.15) is 11.6 Å². The number of halogens is 1. The number of hydrogen-bond donors (Lipinski definition) is 3. The molecule has 0 atom stereocenters. The van der Waals surface area contributed by atoms with Crippen LogP contribution in [0.2, 0.25) is 0 Å². The van der Waals surface area contributed by atoms with E-state index >= 15 is 0 Å². The van der Waals surface area contributed by atoms with E-state index in [9.17, 15) is 18.8 Å². The lowest BCUT2D eigenvalue weighted by atomic mass is 9.73. The third-order valence-corrected chi connectivity index (χ3v) is 11.5. The molecule has 0 unspecified atom stereocenters. The molecule has 2 aromatic heterocycles. The number of aromatic nitrogens is 1. The second-order valence-electron chi connectivity index (χ2n) is 14.0. The molecule has 3 N–H and O–H groups in total. The number of hydrogen-bond acceptors (Lipinski definition) is 8. The van der Waals surface area contributed by atoms with Crippen molar-refractivity contribution in [2.45, 2.75) is 33.1 Å². The molecule has 5 heterocycles. The van der Waals surface area contributed by atoms with E-state index < -0.39 is 5.82 Å². The Morgan fingerprint density at radius 1 is 0.923 bits per heavy atom. The number of ether oxygens (including phenoxy) is 1. The third-order valence-electron chi connectivity index (χ3n) is 10.3. The van der Waals surface area contributed by atoms with Gasteiger partial charge in [0.25, 0.3) is 11.8 Å². The zero-order valence-corrected chi connectivity index (χ0v) is 29.8. The summed E-state index contributed by atoms with van der Waals surface area (Å²) < 4.78 is 20.0. The molecule has 8 rings (SSSR count). The second kappa shape index (κ2) is 13.6. The van der Waals surface area contributed by atoms with E-state index in [2.05, 4.69) is 25.8 Å². The summed E-state index contributed by atoms with van der Waals surface area (Å²) in [6, 6.07) is 20.9. The zero-order valence-electron chi connectivity index (χ0n) is 29.0. The van der Waals surface area contributed by atoms with Crippen molar-refractivity contribution < 1.29 is 23.5 Å². The highest BCUT2D eigenvalue weighted by Gasteiger charge is 2.45. The van der Waals surface area contributed by atoms with Crippen LogP contribution in [0.15, 0.2) is 79.0 Å². The Morgan fingerprint density at radius 2 is 1.69 bits per heavy atom. The van der Waals surface area contributed by atoms with Crippen LogP contribution in [0.25, 0.3) is 10.4 Å². The largest absolute Gasteiger partial charge is 0.384 e. The monoisotopic (exact) mass is 715 g/mol. The average Bonchev–Trinajstić information content (AvgIpc) is 3.49. The predicted octanol–water partition coefficient (Wildman–Crippen LogP) is 7.89. The lowest BCUT2D eigenvalue weighted by molar-refractivity contribution is -0.000511. The number of nitrogens with one attached hydrogen (secondary N) is 3. The Morgan fingerprint density at radius 3 is 2.46 bits per heavy atom. The molecule has 52 heavy (non-hydrogen) atoms. The van der Waals surface area contributed by atoms with Crippen molar-refractivity contribution in [1.29, 1.82) is 0 Å². The summed E-state index contributed by atoms with van der Waals surface area (Å²) in [6.07, 6.45) is 4.54. The van der Waals surface area contributed by atoms with Gasteiger partial charge in [-0.15, -0.1) is 11.3 Å². The number of para-hydroxylation sites is 1. The van der Waals surface area contributed by atoms with Crippen LogP contribution in [-0.2, 0) is 11.2 Å². The van der Waals surface area contributed by atoms with Crippen LogP contribution in [0.4, 0.5) is 27.3 Å². The summed E-state index contributed by atoms with van der Waals surface area (Å²) in [5.41, 5.74) is 6.82. The molecule has 1 spiro atoms. The van der Waals surface area contributed by atoms with Crippen LogP contribution < -0.4 is 20.9 Å².